The average molecular weight is 439 g/mol. The molecule has 0 aromatic heterocycles. The first-order valence-corrected chi connectivity index (χ1v) is 11.9. The van der Waals surface area contributed by atoms with Crippen molar-refractivity contribution >= 4 is 44.2 Å². The van der Waals surface area contributed by atoms with Crippen molar-refractivity contribution in [3.8, 4) is 12.1 Å². The number of hydrogen-bond acceptors (Lipinski definition) is 10. The van der Waals surface area contributed by atoms with E-state index >= 15 is 0 Å². The zero-order valence-electron chi connectivity index (χ0n) is 13.6. The summed E-state index contributed by atoms with van der Waals surface area (Å²) >= 11 is 10.2. The van der Waals surface area contributed by atoms with Gasteiger partial charge in [-0.3, -0.25) is 0 Å². The molecular weight excluding hydrogens is 420 g/mol. The van der Waals surface area contributed by atoms with Gasteiger partial charge in [0.25, 0.3) is 0 Å². The van der Waals surface area contributed by atoms with Gasteiger partial charge < -0.3 is 15.6 Å². The maximum absolute atomic E-state index is 10.4. The average Bonchev–Trinajstić information content (AvgIpc) is 2.90. The number of nitrogens with one attached hydrogen (secondary N) is 1. The number of aliphatic imine (C=N–C) groups is 1. The molecule has 142 valence electrons. The van der Waals surface area contributed by atoms with Crippen molar-refractivity contribution in [2.45, 2.75) is 37.3 Å². The molecule has 0 spiro atoms. The van der Waals surface area contributed by atoms with Gasteiger partial charge in [0.2, 0.25) is 23.6 Å². The zero-order valence-corrected chi connectivity index (χ0v) is 17.1. The molecule has 0 saturated carbocycles. The molecule has 10 nitrogen and oxygen atoms in total. The first kappa shape index (κ1) is 23.3. The van der Waals surface area contributed by atoms with Crippen molar-refractivity contribution in [2.75, 3.05) is 19.8 Å². The number of nitrogens with two attached hydrogens (primary N) is 1. The van der Waals surface area contributed by atoms with Gasteiger partial charge in [0.15, 0.2) is 6.23 Å². The van der Waals surface area contributed by atoms with Gasteiger partial charge in [-0.1, -0.05) is 5.09 Å². The van der Waals surface area contributed by atoms with Crippen molar-refractivity contribution < 1.29 is 23.4 Å². The highest BCUT2D eigenvalue weighted by atomic mass is 32.4. The van der Waals surface area contributed by atoms with Crippen LogP contribution >= 0.6 is 14.2 Å². The number of hydrogen-bond donors (Lipinski definition) is 3. The lowest BCUT2D eigenvalue weighted by atomic mass is 10.1. The largest absolute Gasteiger partial charge is 0.521 e. The van der Waals surface area contributed by atoms with Crippen molar-refractivity contribution in [1.82, 2.24) is 5.09 Å². The number of aliphatic hydroxyl groups excluding tert-OH is 1. The van der Waals surface area contributed by atoms with E-state index in [0.29, 0.717) is 0 Å². The second kappa shape index (κ2) is 13.4. The van der Waals surface area contributed by atoms with Crippen molar-refractivity contribution in [2.24, 2.45) is 10.7 Å². The van der Waals surface area contributed by atoms with Crippen LogP contribution in [0, 0.1) is 22.7 Å². The number of ether oxygens (including phenoxy) is 1. The maximum Gasteiger partial charge on any atom is 0.521 e. The predicted octanol–water partition coefficient (Wildman–Crippen LogP) is 0.442. The minimum absolute atomic E-state index is 0.0315. The van der Waals surface area contributed by atoms with Gasteiger partial charge in [-0.05, 0) is 0 Å². The van der Waals surface area contributed by atoms with Crippen LogP contribution in [0.1, 0.15) is 12.8 Å². The Labute approximate surface area is 163 Å². The Morgan fingerprint density at radius 2 is 1.88 bits per heavy atom. The highest BCUT2D eigenvalue weighted by Crippen LogP contribution is 2.31. The van der Waals surface area contributed by atoms with Gasteiger partial charge in [0, 0.05) is 0 Å². The molecule has 1 heterocycles. The quantitative estimate of drug-likeness (QED) is 0.168. The van der Waals surface area contributed by atoms with E-state index < -0.39 is 38.7 Å². The molecule has 0 aromatic carbocycles. The van der Waals surface area contributed by atoms with Crippen LogP contribution in [0.25, 0.3) is 0 Å². The summed E-state index contributed by atoms with van der Waals surface area (Å²) in [6.07, 6.45) is -1.03. The van der Waals surface area contributed by atoms with E-state index in [0.717, 1.165) is 6.34 Å². The number of rotatable bonds is 12. The van der Waals surface area contributed by atoms with Gasteiger partial charge in [0.05, 0.1) is 31.3 Å². The van der Waals surface area contributed by atoms with Crippen LogP contribution in [0.15, 0.2) is 4.99 Å². The molecule has 1 saturated heterocycles. The lowest BCUT2D eigenvalue weighted by Crippen LogP contribution is -2.43. The molecule has 0 bridgehead atoms. The summed E-state index contributed by atoms with van der Waals surface area (Å²) in [5, 5.41) is 30.3. The molecule has 0 aliphatic carbocycles. The second-order valence-corrected chi connectivity index (χ2v) is 8.65. The van der Waals surface area contributed by atoms with E-state index in [4.69, 9.17) is 58.2 Å². The van der Waals surface area contributed by atoms with Crippen LogP contribution in [0.3, 0.4) is 0 Å². The molecule has 0 radical (unpaired) electrons. The third kappa shape index (κ3) is 8.30. The van der Waals surface area contributed by atoms with Crippen LogP contribution in [-0.4, -0.2) is 55.7 Å². The van der Waals surface area contributed by atoms with Crippen LogP contribution in [0.2, 0.25) is 0 Å². The maximum atomic E-state index is 10.4. The molecule has 1 aliphatic heterocycles. The summed E-state index contributed by atoms with van der Waals surface area (Å²) in [7, 11) is -3.11. The Morgan fingerprint density at radius 3 is 2.50 bits per heavy atom. The predicted molar refractivity (Wildman–Crippen MR) is 101 cm³/mol. The third-order valence-electron chi connectivity index (χ3n) is 3.04. The molecule has 1 fully saturated rings. The van der Waals surface area contributed by atoms with Crippen molar-refractivity contribution in [3.63, 3.8) is 0 Å². The van der Waals surface area contributed by atoms with Crippen molar-refractivity contribution in [3.05, 3.63) is 0 Å². The summed E-state index contributed by atoms with van der Waals surface area (Å²) in [6.45, 7) is 0.410. The fourth-order valence-corrected chi connectivity index (χ4v) is 4.40. The first-order chi connectivity index (χ1) is 12.5. The van der Waals surface area contributed by atoms with Crippen LogP contribution in [-0.2, 0) is 41.9 Å². The summed E-state index contributed by atoms with van der Waals surface area (Å²) in [4.78, 5) is 3.86. The molecular formula is C12H19N5O5P2S2+2. The third-order valence-corrected chi connectivity index (χ3v) is 5.98. The molecule has 6 atom stereocenters. The Morgan fingerprint density at radius 1 is 1.23 bits per heavy atom. The monoisotopic (exact) mass is 439 g/mol. The van der Waals surface area contributed by atoms with Gasteiger partial charge in [-0.15, -0.1) is 9.05 Å². The minimum atomic E-state index is -1.60. The lowest BCUT2D eigenvalue weighted by Gasteiger charge is -2.14. The Hall–Kier alpha value is -0.750. The van der Waals surface area contributed by atoms with Crippen LogP contribution in [0.4, 0.5) is 0 Å². The Balaban J connectivity index is 2.60. The van der Waals surface area contributed by atoms with Gasteiger partial charge in [-0.25, -0.2) is 4.99 Å². The lowest BCUT2D eigenvalue weighted by molar-refractivity contribution is -0.000187. The van der Waals surface area contributed by atoms with E-state index in [1.165, 1.54) is 0 Å². The normalized spacial score (nSPS) is 26.4. The van der Waals surface area contributed by atoms with Gasteiger partial charge in [-0.2, -0.15) is 15.0 Å². The number of aliphatic hydroxyl groups is 1. The highest BCUT2D eigenvalue weighted by Gasteiger charge is 2.47. The SMILES string of the molecule is N#CCCO[P+](=S)N[C@H]1[C@@H](O)[C@H](N=CN)O[C@@H]1CO[P+](=S)OCCC#N. The molecule has 14 heteroatoms. The highest BCUT2D eigenvalue weighted by molar-refractivity contribution is 8.02. The zero-order chi connectivity index (χ0) is 19.4. The van der Waals surface area contributed by atoms with Crippen molar-refractivity contribution in [1.29, 1.82) is 10.5 Å². The smallest absolute Gasteiger partial charge is 0.390 e. The molecule has 0 amide bonds. The summed E-state index contributed by atoms with van der Waals surface area (Å²) < 4.78 is 21.6. The number of nitrogens with zero attached hydrogens (tertiary/aromatic N) is 3. The van der Waals surface area contributed by atoms with E-state index in [1.807, 2.05) is 12.1 Å². The van der Waals surface area contributed by atoms with E-state index in [1.54, 1.807) is 0 Å². The van der Waals surface area contributed by atoms with E-state index in [9.17, 15) is 5.11 Å². The fourth-order valence-electron chi connectivity index (χ4n) is 1.92. The molecule has 2 unspecified atom stereocenters. The first-order valence-electron chi connectivity index (χ1n) is 7.43. The van der Waals surface area contributed by atoms with Gasteiger partial charge in [0.1, 0.15) is 38.1 Å². The Kier molecular flexibility index (Phi) is 12.0. The summed E-state index contributed by atoms with van der Waals surface area (Å²) in [5.41, 5.74) is 5.27. The standard InChI is InChI=1S/C12H19N5O5P2S2/c13-3-1-5-19-23(25)17-10-9(22-12(11(10)18)16-8-15)7-21-24(26)20-6-2-4-14/h8-12,18H,1-2,5-7H2,(H2,15,16)(H,17,25)/q+2/t9-,10-,11-,12-/m1/s1. The van der Waals surface area contributed by atoms with Gasteiger partial charge >= 0.3 is 14.2 Å². The van der Waals surface area contributed by atoms with E-state index in [-0.39, 0.29) is 32.7 Å². The van der Waals surface area contributed by atoms with E-state index in [2.05, 4.69) is 10.1 Å². The summed E-state index contributed by atoms with van der Waals surface area (Å²) in [6, 6.07) is 3.27. The molecule has 26 heavy (non-hydrogen) atoms. The van der Waals surface area contributed by atoms with Crippen LogP contribution in [0.5, 0.6) is 0 Å². The molecule has 0 aromatic rings. The van der Waals surface area contributed by atoms with Crippen LogP contribution < -0.4 is 10.8 Å². The Bertz CT molecular complexity index is 600. The summed E-state index contributed by atoms with van der Waals surface area (Å²) in [5.74, 6) is 0. The molecule has 1 rings (SSSR count). The number of nitriles is 2. The topological polar surface area (TPSA) is 155 Å². The second-order valence-electron chi connectivity index (χ2n) is 4.77. The molecule has 4 N–H and O–H groups in total. The fraction of sp³-hybridized carbons (Fsp3) is 0.750. The molecule has 1 aliphatic rings. The minimum Gasteiger partial charge on any atom is -0.390 e.